The van der Waals surface area contributed by atoms with Crippen molar-refractivity contribution in [1.29, 1.82) is 0 Å². The van der Waals surface area contributed by atoms with Gasteiger partial charge >= 0.3 is 0 Å². The summed E-state index contributed by atoms with van der Waals surface area (Å²) in [7, 11) is 0. The molecule has 0 radical (unpaired) electrons. The molecule has 0 spiro atoms. The molecule has 0 amide bonds. The van der Waals surface area contributed by atoms with E-state index >= 15 is 0 Å². The minimum Gasteiger partial charge on any atom is -0.489 e. The maximum atomic E-state index is 12.9. The zero-order valence-corrected chi connectivity index (χ0v) is 16.4. The number of nitrogens with zero attached hydrogens (tertiary/aromatic N) is 1. The number of hydrogen-bond donors (Lipinski definition) is 1. The molecule has 5 nitrogen and oxygen atoms in total. The summed E-state index contributed by atoms with van der Waals surface area (Å²) in [5.41, 5.74) is 2.75. The van der Waals surface area contributed by atoms with Gasteiger partial charge in [0.25, 0.3) is 5.56 Å². The molecule has 0 aliphatic rings. The predicted octanol–water partition coefficient (Wildman–Crippen LogP) is 3.35. The lowest BCUT2D eigenvalue weighted by atomic mass is 10.1. The first-order valence-electron chi connectivity index (χ1n) is 9.66. The maximum absolute atomic E-state index is 12.9. The minimum absolute atomic E-state index is 0.255. The van der Waals surface area contributed by atoms with Crippen LogP contribution in [0.15, 0.2) is 71.7 Å². The first kappa shape index (κ1) is 20.6. The molecule has 0 atom stereocenters. The summed E-state index contributed by atoms with van der Waals surface area (Å²) in [6, 6.07) is 17.2. The molecule has 3 rings (SSSR count). The molecule has 29 heavy (non-hydrogen) atoms. The zero-order valence-electron chi connectivity index (χ0n) is 16.4. The van der Waals surface area contributed by atoms with Crippen LogP contribution in [0.25, 0.3) is 0 Å². The van der Waals surface area contributed by atoms with E-state index in [-0.39, 0.29) is 18.0 Å². The Morgan fingerprint density at radius 1 is 0.931 bits per heavy atom. The predicted molar refractivity (Wildman–Crippen MR) is 110 cm³/mol. The van der Waals surface area contributed by atoms with Crippen LogP contribution < -0.4 is 20.5 Å². The summed E-state index contributed by atoms with van der Waals surface area (Å²) in [5, 5.41) is 3.30. The number of likely N-dealkylation sites (N-methyl/N-ethyl adjacent to an activating group) is 1. The number of pyridine rings is 1. The van der Waals surface area contributed by atoms with E-state index in [2.05, 4.69) is 24.4 Å². The molecule has 6 heteroatoms. The van der Waals surface area contributed by atoms with E-state index in [0.717, 1.165) is 30.6 Å². The van der Waals surface area contributed by atoms with Gasteiger partial charge in [0.05, 0.1) is 6.20 Å². The minimum atomic E-state index is -0.316. The fourth-order valence-electron chi connectivity index (χ4n) is 2.75. The fraction of sp³-hybridized carbons (Fsp3) is 0.261. The topological polar surface area (TPSA) is 52.5 Å². The van der Waals surface area contributed by atoms with Crippen LogP contribution in [0.1, 0.15) is 23.6 Å². The lowest BCUT2D eigenvalue weighted by Gasteiger charge is -2.11. The van der Waals surface area contributed by atoms with Crippen LogP contribution in [0.3, 0.4) is 0 Å². The van der Waals surface area contributed by atoms with Crippen molar-refractivity contribution in [2.24, 2.45) is 0 Å². The Labute approximate surface area is 169 Å². The highest BCUT2D eigenvalue weighted by Crippen LogP contribution is 2.11. The van der Waals surface area contributed by atoms with E-state index in [1.807, 2.05) is 12.1 Å². The molecule has 0 aliphatic carbocycles. The van der Waals surface area contributed by atoms with Gasteiger partial charge in [0, 0.05) is 12.1 Å². The molecule has 0 aliphatic heterocycles. The number of nitrogens with one attached hydrogen (secondary N) is 1. The van der Waals surface area contributed by atoms with E-state index in [4.69, 9.17) is 9.57 Å². The van der Waals surface area contributed by atoms with Gasteiger partial charge in [0.2, 0.25) is 0 Å². The van der Waals surface area contributed by atoms with Crippen molar-refractivity contribution in [2.45, 2.75) is 26.6 Å². The Hall–Kier alpha value is -3.12. The van der Waals surface area contributed by atoms with E-state index in [1.165, 1.54) is 34.7 Å². The summed E-state index contributed by atoms with van der Waals surface area (Å²) in [6.07, 6.45) is 2.51. The molecular weight excluding hydrogens is 371 g/mol. The second kappa shape index (κ2) is 10.4. The Morgan fingerprint density at radius 2 is 1.59 bits per heavy atom. The molecule has 2 aromatic carbocycles. The van der Waals surface area contributed by atoms with Crippen molar-refractivity contribution in [3.05, 3.63) is 99.7 Å². The Bertz CT molecular complexity index is 953. The molecule has 0 saturated carbocycles. The standard InChI is InChI=1S/C23H25FN2O3/c1-2-25-13-11-18-3-5-20(6-4-18)17-29-26-14-12-22(15-23(26)27)28-16-19-7-9-21(24)10-8-19/h3-10,12,14-15,25H,2,11,13,16-17H2,1H3. The van der Waals surface area contributed by atoms with Crippen LogP contribution in [0.2, 0.25) is 0 Å². The van der Waals surface area contributed by atoms with Gasteiger partial charge in [-0.05, 0) is 48.3 Å². The quantitative estimate of drug-likeness (QED) is 0.534. The second-order valence-electron chi connectivity index (χ2n) is 6.64. The third-order valence-electron chi connectivity index (χ3n) is 4.41. The van der Waals surface area contributed by atoms with Crippen molar-refractivity contribution in [3.63, 3.8) is 0 Å². The van der Waals surface area contributed by atoms with Crippen molar-refractivity contribution in [2.75, 3.05) is 13.1 Å². The first-order valence-corrected chi connectivity index (χ1v) is 9.66. The number of rotatable bonds is 10. The molecule has 1 N–H and O–H groups in total. The van der Waals surface area contributed by atoms with Crippen LogP contribution in [0.5, 0.6) is 5.75 Å². The Kier molecular flexibility index (Phi) is 7.41. The lowest BCUT2D eigenvalue weighted by molar-refractivity contribution is 0.0884. The molecule has 152 valence electrons. The van der Waals surface area contributed by atoms with Crippen LogP contribution in [-0.4, -0.2) is 17.8 Å². The Morgan fingerprint density at radius 3 is 2.28 bits per heavy atom. The van der Waals surface area contributed by atoms with E-state index < -0.39 is 0 Å². The van der Waals surface area contributed by atoms with Gasteiger partial charge in [-0.3, -0.25) is 4.79 Å². The number of aromatic nitrogens is 1. The van der Waals surface area contributed by atoms with Gasteiger partial charge in [0.1, 0.15) is 24.8 Å². The van der Waals surface area contributed by atoms with Crippen molar-refractivity contribution in [3.8, 4) is 5.75 Å². The molecule has 0 unspecified atom stereocenters. The summed E-state index contributed by atoms with van der Waals surface area (Å²) in [6.45, 7) is 4.56. The molecular formula is C23H25FN2O3. The van der Waals surface area contributed by atoms with Gasteiger partial charge < -0.3 is 14.9 Å². The number of ether oxygens (including phenoxy) is 1. The van der Waals surface area contributed by atoms with Crippen molar-refractivity contribution < 1.29 is 14.0 Å². The number of halogens is 1. The van der Waals surface area contributed by atoms with E-state index in [9.17, 15) is 9.18 Å². The number of hydrogen-bond acceptors (Lipinski definition) is 4. The Balaban J connectivity index is 1.51. The summed E-state index contributed by atoms with van der Waals surface area (Å²) in [5.74, 6) is 0.140. The average Bonchev–Trinajstić information content (AvgIpc) is 2.74. The largest absolute Gasteiger partial charge is 0.489 e. The van der Waals surface area contributed by atoms with Crippen molar-refractivity contribution >= 4 is 0 Å². The van der Waals surface area contributed by atoms with Crippen LogP contribution in [0, 0.1) is 5.82 Å². The monoisotopic (exact) mass is 396 g/mol. The smallest absolute Gasteiger partial charge is 0.286 e. The fourth-order valence-corrected chi connectivity index (χ4v) is 2.75. The van der Waals surface area contributed by atoms with E-state index in [0.29, 0.717) is 12.4 Å². The van der Waals surface area contributed by atoms with Gasteiger partial charge in [-0.1, -0.05) is 43.3 Å². The lowest BCUT2D eigenvalue weighted by Crippen LogP contribution is -2.25. The first-order chi connectivity index (χ1) is 14.1. The van der Waals surface area contributed by atoms with Crippen LogP contribution in [0.4, 0.5) is 4.39 Å². The third kappa shape index (κ3) is 6.47. The highest BCUT2D eigenvalue weighted by Gasteiger charge is 2.03. The molecule has 3 aromatic rings. The summed E-state index contributed by atoms with van der Waals surface area (Å²) >= 11 is 0. The summed E-state index contributed by atoms with van der Waals surface area (Å²) in [4.78, 5) is 17.8. The van der Waals surface area contributed by atoms with Crippen molar-refractivity contribution in [1.82, 2.24) is 10.0 Å². The van der Waals surface area contributed by atoms with Crippen LogP contribution in [-0.2, 0) is 19.6 Å². The van der Waals surface area contributed by atoms with E-state index in [1.54, 1.807) is 18.2 Å². The summed E-state index contributed by atoms with van der Waals surface area (Å²) < 4.78 is 19.7. The second-order valence-corrected chi connectivity index (χ2v) is 6.64. The molecule has 1 aromatic heterocycles. The zero-order chi connectivity index (χ0) is 20.5. The highest BCUT2D eigenvalue weighted by molar-refractivity contribution is 5.23. The van der Waals surface area contributed by atoms with Gasteiger partial charge in [-0.25, -0.2) is 4.39 Å². The average molecular weight is 396 g/mol. The van der Waals surface area contributed by atoms with Gasteiger partial charge in [0.15, 0.2) is 0 Å². The molecule has 0 bridgehead atoms. The molecule has 0 saturated heterocycles. The van der Waals surface area contributed by atoms with Crippen LogP contribution >= 0.6 is 0 Å². The highest BCUT2D eigenvalue weighted by atomic mass is 19.1. The van der Waals surface area contributed by atoms with Gasteiger partial charge in [-0.2, -0.15) is 4.73 Å². The molecule has 1 heterocycles. The maximum Gasteiger partial charge on any atom is 0.286 e. The number of benzene rings is 2. The normalized spacial score (nSPS) is 10.7. The molecule has 0 fully saturated rings. The SMILES string of the molecule is CCNCCc1ccc(COn2ccc(OCc3ccc(F)cc3)cc2=O)cc1. The van der Waals surface area contributed by atoms with Gasteiger partial charge in [-0.15, -0.1) is 0 Å². The third-order valence-corrected chi connectivity index (χ3v) is 4.41.